The monoisotopic (exact) mass is 291 g/mol. The fraction of sp³-hybridized carbons (Fsp3) is 0.467. The fourth-order valence-electron chi connectivity index (χ4n) is 2.31. The molecule has 0 radical (unpaired) electrons. The van der Waals surface area contributed by atoms with Crippen LogP contribution in [0.4, 0.5) is 10.5 Å². The number of likely N-dealkylation sites (N-methyl/N-ethyl adjacent to an activating group) is 1. The Morgan fingerprint density at radius 1 is 1.19 bits per heavy atom. The fourth-order valence-corrected chi connectivity index (χ4v) is 2.31. The molecule has 1 fully saturated rings. The van der Waals surface area contributed by atoms with Crippen LogP contribution in [0.3, 0.4) is 0 Å². The molecular weight excluding hydrogens is 270 g/mol. The molecular formula is C15H21N3O3. The van der Waals surface area contributed by atoms with E-state index in [2.05, 4.69) is 31.1 Å². The second kappa shape index (κ2) is 5.73. The van der Waals surface area contributed by atoms with Gasteiger partial charge in [0.15, 0.2) is 0 Å². The number of piperazine rings is 1. The zero-order valence-electron chi connectivity index (χ0n) is 12.6. The van der Waals surface area contributed by atoms with Gasteiger partial charge in [-0.25, -0.2) is 9.59 Å². The Labute approximate surface area is 124 Å². The number of carbonyl (C=O) groups excluding carboxylic acids is 1. The third kappa shape index (κ3) is 3.52. The number of nitrogens with one attached hydrogen (secondary N) is 1. The molecule has 0 spiro atoms. The molecule has 1 aromatic rings. The lowest BCUT2D eigenvalue weighted by Gasteiger charge is -2.45. The SMILES string of the molecule is CN1CCN(C(=O)Nc2ccc(C(=O)O)cc2)CC1(C)C. The van der Waals surface area contributed by atoms with E-state index in [-0.39, 0.29) is 17.1 Å². The standard InChI is InChI=1S/C15H21N3O3/c1-15(2)10-18(9-8-17(15)3)14(21)16-12-6-4-11(5-7-12)13(19)20/h4-7H,8-10H2,1-3H3,(H,16,21)(H,19,20). The largest absolute Gasteiger partial charge is 0.478 e. The molecule has 0 unspecified atom stereocenters. The van der Waals surface area contributed by atoms with Crippen LogP contribution < -0.4 is 5.32 Å². The maximum Gasteiger partial charge on any atom is 0.335 e. The van der Waals surface area contributed by atoms with Crippen LogP contribution in [0.5, 0.6) is 0 Å². The first-order chi connectivity index (χ1) is 9.79. The number of hydrogen-bond donors (Lipinski definition) is 2. The molecule has 114 valence electrons. The number of nitrogens with zero attached hydrogens (tertiary/aromatic N) is 2. The molecule has 2 amide bonds. The van der Waals surface area contributed by atoms with Crippen LogP contribution in [0.1, 0.15) is 24.2 Å². The zero-order chi connectivity index (χ0) is 15.6. The van der Waals surface area contributed by atoms with Crippen molar-refractivity contribution in [1.29, 1.82) is 0 Å². The van der Waals surface area contributed by atoms with Crippen molar-refractivity contribution in [2.75, 3.05) is 32.0 Å². The minimum Gasteiger partial charge on any atom is -0.478 e. The van der Waals surface area contributed by atoms with Gasteiger partial charge in [0.2, 0.25) is 0 Å². The van der Waals surface area contributed by atoms with Gasteiger partial charge < -0.3 is 15.3 Å². The van der Waals surface area contributed by atoms with Gasteiger partial charge in [0.05, 0.1) is 5.56 Å². The average Bonchev–Trinajstić information content (AvgIpc) is 2.42. The van der Waals surface area contributed by atoms with Gasteiger partial charge in [-0.2, -0.15) is 0 Å². The van der Waals surface area contributed by atoms with Gasteiger partial charge in [-0.3, -0.25) is 4.90 Å². The summed E-state index contributed by atoms with van der Waals surface area (Å²) in [6.07, 6.45) is 0. The molecule has 21 heavy (non-hydrogen) atoms. The molecule has 1 saturated heterocycles. The third-order valence-electron chi connectivity index (χ3n) is 3.99. The first-order valence-electron chi connectivity index (χ1n) is 6.90. The van der Waals surface area contributed by atoms with Gasteiger partial charge in [-0.15, -0.1) is 0 Å². The molecule has 6 heteroatoms. The number of aromatic carboxylic acids is 1. The minimum atomic E-state index is -0.978. The summed E-state index contributed by atoms with van der Waals surface area (Å²) in [4.78, 5) is 27.1. The summed E-state index contributed by atoms with van der Waals surface area (Å²) in [6.45, 7) is 6.38. The molecule has 1 aliphatic rings. The highest BCUT2D eigenvalue weighted by Gasteiger charge is 2.33. The van der Waals surface area contributed by atoms with Gasteiger partial charge in [0, 0.05) is 30.9 Å². The third-order valence-corrected chi connectivity index (χ3v) is 3.99. The molecule has 0 aromatic heterocycles. The van der Waals surface area contributed by atoms with Crippen molar-refractivity contribution >= 4 is 17.7 Å². The summed E-state index contributed by atoms with van der Waals surface area (Å²) >= 11 is 0. The Morgan fingerprint density at radius 2 is 1.81 bits per heavy atom. The van der Waals surface area contributed by atoms with E-state index in [1.54, 1.807) is 17.0 Å². The number of carboxylic acids is 1. The van der Waals surface area contributed by atoms with E-state index < -0.39 is 5.97 Å². The Kier molecular flexibility index (Phi) is 4.18. The normalized spacial score (nSPS) is 18.3. The van der Waals surface area contributed by atoms with Crippen LogP contribution in [0.15, 0.2) is 24.3 Å². The molecule has 0 aliphatic carbocycles. The maximum absolute atomic E-state index is 12.3. The van der Waals surface area contributed by atoms with Gasteiger partial charge in [0.25, 0.3) is 0 Å². The molecule has 0 saturated carbocycles. The molecule has 1 aromatic carbocycles. The predicted molar refractivity (Wildman–Crippen MR) is 80.7 cm³/mol. The second-order valence-electron chi connectivity index (χ2n) is 5.97. The Hall–Kier alpha value is -2.08. The minimum absolute atomic E-state index is 0.0528. The number of anilines is 1. The van der Waals surface area contributed by atoms with E-state index in [0.29, 0.717) is 18.8 Å². The summed E-state index contributed by atoms with van der Waals surface area (Å²) in [6, 6.07) is 6.00. The van der Waals surface area contributed by atoms with Gasteiger partial charge in [-0.05, 0) is 45.2 Å². The quantitative estimate of drug-likeness (QED) is 0.873. The van der Waals surface area contributed by atoms with Crippen molar-refractivity contribution in [3.05, 3.63) is 29.8 Å². The van der Waals surface area contributed by atoms with Crippen molar-refractivity contribution < 1.29 is 14.7 Å². The summed E-state index contributed by atoms with van der Waals surface area (Å²) in [5, 5.41) is 11.6. The summed E-state index contributed by atoms with van der Waals surface area (Å²) in [5.41, 5.74) is 0.749. The van der Waals surface area contributed by atoms with Crippen molar-refractivity contribution in [2.45, 2.75) is 19.4 Å². The number of carboxylic acid groups (broad SMARTS) is 1. The topological polar surface area (TPSA) is 72.9 Å². The van der Waals surface area contributed by atoms with Gasteiger partial charge in [0.1, 0.15) is 0 Å². The van der Waals surface area contributed by atoms with Crippen molar-refractivity contribution in [3.63, 3.8) is 0 Å². The first kappa shape index (κ1) is 15.3. The lowest BCUT2D eigenvalue weighted by atomic mass is 10.00. The van der Waals surface area contributed by atoms with Crippen LogP contribution in [-0.4, -0.2) is 59.1 Å². The highest BCUT2D eigenvalue weighted by Crippen LogP contribution is 2.19. The van der Waals surface area contributed by atoms with Gasteiger partial charge >= 0.3 is 12.0 Å². The Morgan fingerprint density at radius 3 is 2.33 bits per heavy atom. The van der Waals surface area contributed by atoms with Crippen LogP contribution >= 0.6 is 0 Å². The highest BCUT2D eigenvalue weighted by atomic mass is 16.4. The zero-order valence-corrected chi connectivity index (χ0v) is 12.6. The number of hydrogen-bond acceptors (Lipinski definition) is 3. The van der Waals surface area contributed by atoms with E-state index in [0.717, 1.165) is 6.54 Å². The lowest BCUT2D eigenvalue weighted by molar-refractivity contribution is 0.0608. The molecule has 0 bridgehead atoms. The van der Waals surface area contributed by atoms with Crippen LogP contribution in [0, 0.1) is 0 Å². The second-order valence-corrected chi connectivity index (χ2v) is 5.97. The van der Waals surface area contributed by atoms with E-state index >= 15 is 0 Å². The summed E-state index contributed by atoms with van der Waals surface area (Å²) in [7, 11) is 2.06. The smallest absolute Gasteiger partial charge is 0.335 e. The van der Waals surface area contributed by atoms with Crippen LogP contribution in [0.25, 0.3) is 0 Å². The van der Waals surface area contributed by atoms with E-state index in [1.807, 2.05) is 0 Å². The molecule has 2 rings (SSSR count). The number of benzene rings is 1. The molecule has 2 N–H and O–H groups in total. The number of carbonyl (C=O) groups is 2. The van der Waals surface area contributed by atoms with Crippen molar-refractivity contribution in [2.24, 2.45) is 0 Å². The van der Waals surface area contributed by atoms with Gasteiger partial charge in [-0.1, -0.05) is 0 Å². The first-order valence-corrected chi connectivity index (χ1v) is 6.90. The molecule has 1 aliphatic heterocycles. The number of amides is 2. The number of urea groups is 1. The summed E-state index contributed by atoms with van der Waals surface area (Å²) < 4.78 is 0. The maximum atomic E-state index is 12.3. The van der Waals surface area contributed by atoms with Crippen molar-refractivity contribution in [1.82, 2.24) is 9.80 Å². The Bertz CT molecular complexity index is 540. The van der Waals surface area contributed by atoms with E-state index in [9.17, 15) is 9.59 Å². The summed E-state index contributed by atoms with van der Waals surface area (Å²) in [5.74, 6) is -0.978. The molecule has 6 nitrogen and oxygen atoms in total. The lowest BCUT2D eigenvalue weighted by Crippen LogP contribution is -2.59. The van der Waals surface area contributed by atoms with E-state index in [4.69, 9.17) is 5.11 Å². The van der Waals surface area contributed by atoms with E-state index in [1.165, 1.54) is 12.1 Å². The molecule has 0 atom stereocenters. The number of rotatable bonds is 2. The molecule has 1 heterocycles. The van der Waals surface area contributed by atoms with Crippen molar-refractivity contribution in [3.8, 4) is 0 Å². The predicted octanol–water partition coefficient (Wildman–Crippen LogP) is 1.94. The highest BCUT2D eigenvalue weighted by molar-refractivity contribution is 5.91. The Balaban J connectivity index is 2.00. The van der Waals surface area contributed by atoms with Crippen LogP contribution in [-0.2, 0) is 0 Å². The average molecular weight is 291 g/mol. The van der Waals surface area contributed by atoms with Crippen LogP contribution in [0.2, 0.25) is 0 Å².